The summed E-state index contributed by atoms with van der Waals surface area (Å²) < 4.78 is 5.15. The average Bonchev–Trinajstić information content (AvgIpc) is 2.08. The van der Waals surface area contributed by atoms with Crippen LogP contribution < -0.4 is 10.5 Å². The molecule has 2 heteroatoms. The third-order valence-electron chi connectivity index (χ3n) is 2.10. The number of rotatable bonds is 3. The highest BCUT2D eigenvalue weighted by Gasteiger charge is 2.03. The fourth-order valence-electron chi connectivity index (χ4n) is 1.34. The van der Waals surface area contributed by atoms with Crippen molar-refractivity contribution in [3.63, 3.8) is 0 Å². The summed E-state index contributed by atoms with van der Waals surface area (Å²) in [5.74, 6) is 0.904. The fraction of sp³-hybridized carbons (Fsp3) is 0.455. The van der Waals surface area contributed by atoms with E-state index in [1.165, 1.54) is 11.1 Å². The summed E-state index contributed by atoms with van der Waals surface area (Å²) in [6.45, 7) is 4.11. The molecular formula is C11H17NO. The van der Waals surface area contributed by atoms with Crippen LogP contribution in [-0.4, -0.2) is 13.2 Å². The number of ether oxygens (including phenoxy) is 1. The van der Waals surface area contributed by atoms with Gasteiger partial charge in [-0.1, -0.05) is 6.07 Å². The van der Waals surface area contributed by atoms with Crippen molar-refractivity contribution in [1.29, 1.82) is 0 Å². The summed E-state index contributed by atoms with van der Waals surface area (Å²) in [5.41, 5.74) is 8.29. The maximum atomic E-state index is 5.74. The number of hydrogen-bond acceptors (Lipinski definition) is 2. The molecule has 1 rings (SSSR count). The van der Waals surface area contributed by atoms with Gasteiger partial charge in [0.05, 0.1) is 7.11 Å². The molecular weight excluding hydrogens is 162 g/mol. The molecule has 0 aliphatic carbocycles. The molecule has 1 atom stereocenters. The van der Waals surface area contributed by atoms with Gasteiger partial charge in [-0.2, -0.15) is 0 Å². The highest BCUT2D eigenvalue weighted by Crippen LogP contribution is 2.17. The second-order valence-corrected chi connectivity index (χ2v) is 3.47. The minimum absolute atomic E-state index is 0.200. The SMILES string of the molecule is COc1ccc(C)c(C[C@H](C)N)c1. The van der Waals surface area contributed by atoms with Crippen molar-refractivity contribution in [3.8, 4) is 5.75 Å². The van der Waals surface area contributed by atoms with Crippen LogP contribution in [0.3, 0.4) is 0 Å². The summed E-state index contributed by atoms with van der Waals surface area (Å²) in [4.78, 5) is 0. The number of benzene rings is 1. The van der Waals surface area contributed by atoms with Crippen molar-refractivity contribution in [2.75, 3.05) is 7.11 Å². The molecule has 72 valence electrons. The van der Waals surface area contributed by atoms with Gasteiger partial charge in [-0.05, 0) is 43.5 Å². The average molecular weight is 179 g/mol. The summed E-state index contributed by atoms with van der Waals surface area (Å²) in [6.07, 6.45) is 0.906. The lowest BCUT2D eigenvalue weighted by atomic mass is 10.0. The van der Waals surface area contributed by atoms with Crippen LogP contribution in [0.2, 0.25) is 0 Å². The molecule has 13 heavy (non-hydrogen) atoms. The highest BCUT2D eigenvalue weighted by atomic mass is 16.5. The zero-order valence-corrected chi connectivity index (χ0v) is 8.50. The first-order valence-electron chi connectivity index (χ1n) is 4.52. The predicted molar refractivity (Wildman–Crippen MR) is 55.1 cm³/mol. The van der Waals surface area contributed by atoms with E-state index in [1.54, 1.807) is 7.11 Å². The smallest absolute Gasteiger partial charge is 0.119 e. The van der Waals surface area contributed by atoms with Gasteiger partial charge in [0.15, 0.2) is 0 Å². The van der Waals surface area contributed by atoms with Gasteiger partial charge in [0.1, 0.15) is 5.75 Å². The molecule has 1 aromatic rings. The van der Waals surface area contributed by atoms with Crippen molar-refractivity contribution >= 4 is 0 Å². The zero-order chi connectivity index (χ0) is 9.84. The van der Waals surface area contributed by atoms with Crippen LogP contribution in [0.5, 0.6) is 5.75 Å². The Balaban J connectivity index is 2.90. The van der Waals surface area contributed by atoms with Gasteiger partial charge < -0.3 is 10.5 Å². The first kappa shape index (κ1) is 10.1. The third kappa shape index (κ3) is 2.74. The van der Waals surface area contributed by atoms with Gasteiger partial charge in [0.2, 0.25) is 0 Å². The minimum Gasteiger partial charge on any atom is -0.497 e. The lowest BCUT2D eigenvalue weighted by Gasteiger charge is -2.10. The van der Waals surface area contributed by atoms with Crippen LogP contribution in [0, 0.1) is 6.92 Å². The Morgan fingerprint density at radius 3 is 2.69 bits per heavy atom. The van der Waals surface area contributed by atoms with E-state index in [1.807, 2.05) is 13.0 Å². The fourth-order valence-corrected chi connectivity index (χ4v) is 1.34. The van der Waals surface area contributed by atoms with Crippen molar-refractivity contribution < 1.29 is 4.74 Å². The lowest BCUT2D eigenvalue weighted by molar-refractivity contribution is 0.414. The summed E-state index contributed by atoms with van der Waals surface area (Å²) in [6, 6.07) is 6.29. The van der Waals surface area contributed by atoms with Crippen molar-refractivity contribution in [1.82, 2.24) is 0 Å². The minimum atomic E-state index is 0.200. The maximum absolute atomic E-state index is 5.74. The molecule has 0 aromatic heterocycles. The molecule has 0 radical (unpaired) electrons. The lowest BCUT2D eigenvalue weighted by Crippen LogP contribution is -2.18. The van der Waals surface area contributed by atoms with Crippen LogP contribution in [0.25, 0.3) is 0 Å². The van der Waals surface area contributed by atoms with Gasteiger partial charge in [-0.15, -0.1) is 0 Å². The van der Waals surface area contributed by atoms with Crippen LogP contribution in [-0.2, 0) is 6.42 Å². The number of nitrogens with two attached hydrogens (primary N) is 1. The van der Waals surface area contributed by atoms with E-state index in [9.17, 15) is 0 Å². The van der Waals surface area contributed by atoms with Gasteiger partial charge in [-0.25, -0.2) is 0 Å². The van der Waals surface area contributed by atoms with E-state index in [4.69, 9.17) is 10.5 Å². The standard InChI is InChI=1S/C11H17NO/c1-8-4-5-11(13-3)7-10(8)6-9(2)12/h4-5,7,9H,6,12H2,1-3H3/t9-/m0/s1. The first-order valence-corrected chi connectivity index (χ1v) is 4.52. The highest BCUT2D eigenvalue weighted by molar-refractivity contribution is 5.35. The maximum Gasteiger partial charge on any atom is 0.119 e. The first-order chi connectivity index (χ1) is 6.13. The Bertz CT molecular complexity index is 281. The Hall–Kier alpha value is -1.02. The van der Waals surface area contributed by atoms with E-state index >= 15 is 0 Å². The number of methoxy groups -OCH3 is 1. The molecule has 0 heterocycles. The third-order valence-corrected chi connectivity index (χ3v) is 2.10. The number of hydrogen-bond donors (Lipinski definition) is 1. The molecule has 0 aliphatic heterocycles. The molecule has 0 bridgehead atoms. The van der Waals surface area contributed by atoms with Crippen LogP contribution >= 0.6 is 0 Å². The largest absolute Gasteiger partial charge is 0.497 e. The molecule has 0 aliphatic rings. The van der Waals surface area contributed by atoms with Crippen LogP contribution in [0.4, 0.5) is 0 Å². The quantitative estimate of drug-likeness (QED) is 0.769. The molecule has 0 saturated heterocycles. The zero-order valence-electron chi connectivity index (χ0n) is 8.50. The van der Waals surface area contributed by atoms with E-state index in [0.29, 0.717) is 0 Å². The monoisotopic (exact) mass is 179 g/mol. The van der Waals surface area contributed by atoms with Crippen LogP contribution in [0.15, 0.2) is 18.2 Å². The summed E-state index contributed by atoms with van der Waals surface area (Å²) in [7, 11) is 1.68. The van der Waals surface area contributed by atoms with Gasteiger partial charge in [-0.3, -0.25) is 0 Å². The van der Waals surface area contributed by atoms with E-state index in [0.717, 1.165) is 12.2 Å². The molecule has 0 spiro atoms. The van der Waals surface area contributed by atoms with Gasteiger partial charge in [0, 0.05) is 6.04 Å². The van der Waals surface area contributed by atoms with E-state index in [2.05, 4.69) is 19.1 Å². The molecule has 2 nitrogen and oxygen atoms in total. The Kier molecular flexibility index (Phi) is 3.32. The van der Waals surface area contributed by atoms with Gasteiger partial charge in [0.25, 0.3) is 0 Å². The molecule has 0 unspecified atom stereocenters. The van der Waals surface area contributed by atoms with E-state index in [-0.39, 0.29) is 6.04 Å². The van der Waals surface area contributed by atoms with Crippen molar-refractivity contribution in [2.45, 2.75) is 26.3 Å². The van der Waals surface area contributed by atoms with Gasteiger partial charge >= 0.3 is 0 Å². The Labute approximate surface area is 79.7 Å². The summed E-state index contributed by atoms with van der Waals surface area (Å²) in [5, 5.41) is 0. The summed E-state index contributed by atoms with van der Waals surface area (Å²) >= 11 is 0. The second-order valence-electron chi connectivity index (χ2n) is 3.47. The topological polar surface area (TPSA) is 35.2 Å². The Morgan fingerprint density at radius 2 is 2.15 bits per heavy atom. The molecule has 0 fully saturated rings. The molecule has 0 amide bonds. The van der Waals surface area contributed by atoms with Crippen LogP contribution in [0.1, 0.15) is 18.1 Å². The molecule has 1 aromatic carbocycles. The molecule has 0 saturated carbocycles. The van der Waals surface area contributed by atoms with E-state index < -0.39 is 0 Å². The van der Waals surface area contributed by atoms with Crippen molar-refractivity contribution in [2.24, 2.45) is 5.73 Å². The number of aryl methyl sites for hydroxylation is 1. The predicted octanol–water partition coefficient (Wildman–Crippen LogP) is 1.89. The van der Waals surface area contributed by atoms with Crippen molar-refractivity contribution in [3.05, 3.63) is 29.3 Å². The second kappa shape index (κ2) is 4.28. The normalized spacial score (nSPS) is 12.6. The molecule has 2 N–H and O–H groups in total. The Morgan fingerprint density at radius 1 is 1.46 bits per heavy atom.